The molecule has 1 aromatic heterocycles. The summed E-state index contributed by atoms with van der Waals surface area (Å²) >= 11 is 0. The SMILES string of the molecule is Cc1cccc(C)c1-c1cccc(-n2nc(C#N)cc2-c2ccccc2)c1. The second-order valence-corrected chi connectivity index (χ2v) is 6.62. The maximum atomic E-state index is 9.35. The molecule has 0 saturated heterocycles. The van der Waals surface area contributed by atoms with E-state index in [9.17, 15) is 5.26 Å². The Labute approximate surface area is 159 Å². The first-order chi connectivity index (χ1) is 13.2. The molecule has 27 heavy (non-hydrogen) atoms. The van der Waals surface area contributed by atoms with Gasteiger partial charge in [-0.25, -0.2) is 4.68 Å². The van der Waals surface area contributed by atoms with E-state index in [1.165, 1.54) is 16.7 Å². The molecule has 4 rings (SSSR count). The zero-order chi connectivity index (χ0) is 18.8. The summed E-state index contributed by atoms with van der Waals surface area (Å²) in [5.74, 6) is 0. The lowest BCUT2D eigenvalue weighted by Crippen LogP contribution is -2.00. The highest BCUT2D eigenvalue weighted by Crippen LogP contribution is 2.30. The van der Waals surface area contributed by atoms with Gasteiger partial charge in [0.2, 0.25) is 0 Å². The molecule has 0 spiro atoms. The van der Waals surface area contributed by atoms with Gasteiger partial charge in [0.1, 0.15) is 6.07 Å². The number of aromatic nitrogens is 2. The second kappa shape index (κ2) is 6.93. The van der Waals surface area contributed by atoms with Gasteiger partial charge in [-0.2, -0.15) is 10.4 Å². The summed E-state index contributed by atoms with van der Waals surface area (Å²) in [6.45, 7) is 4.26. The number of aryl methyl sites for hydroxylation is 2. The Morgan fingerprint density at radius 3 is 2.15 bits per heavy atom. The molecule has 0 unspecified atom stereocenters. The normalized spacial score (nSPS) is 10.6. The summed E-state index contributed by atoms with van der Waals surface area (Å²) in [5.41, 5.74) is 8.17. The Morgan fingerprint density at radius 2 is 1.44 bits per heavy atom. The van der Waals surface area contributed by atoms with E-state index in [0.717, 1.165) is 22.5 Å². The molecule has 0 amide bonds. The largest absolute Gasteiger partial charge is 0.232 e. The maximum Gasteiger partial charge on any atom is 0.163 e. The molecule has 0 bridgehead atoms. The number of hydrogen-bond donors (Lipinski definition) is 0. The van der Waals surface area contributed by atoms with Crippen LogP contribution in [0.15, 0.2) is 78.9 Å². The van der Waals surface area contributed by atoms with E-state index in [1.807, 2.05) is 53.2 Å². The highest BCUT2D eigenvalue weighted by molar-refractivity contribution is 5.73. The predicted molar refractivity (Wildman–Crippen MR) is 109 cm³/mol. The smallest absolute Gasteiger partial charge is 0.163 e. The van der Waals surface area contributed by atoms with E-state index in [2.05, 4.69) is 55.3 Å². The minimum Gasteiger partial charge on any atom is -0.232 e. The fraction of sp³-hybridized carbons (Fsp3) is 0.0833. The van der Waals surface area contributed by atoms with E-state index in [4.69, 9.17) is 0 Å². The number of hydrogen-bond acceptors (Lipinski definition) is 2. The highest BCUT2D eigenvalue weighted by Gasteiger charge is 2.13. The monoisotopic (exact) mass is 349 g/mol. The van der Waals surface area contributed by atoms with Gasteiger partial charge in [0.25, 0.3) is 0 Å². The van der Waals surface area contributed by atoms with Gasteiger partial charge in [-0.15, -0.1) is 0 Å². The molecule has 0 aliphatic rings. The first-order valence-corrected chi connectivity index (χ1v) is 8.90. The van der Waals surface area contributed by atoms with Gasteiger partial charge in [0.15, 0.2) is 5.69 Å². The lowest BCUT2D eigenvalue weighted by atomic mass is 9.95. The van der Waals surface area contributed by atoms with Gasteiger partial charge >= 0.3 is 0 Å². The van der Waals surface area contributed by atoms with Gasteiger partial charge in [0, 0.05) is 11.6 Å². The van der Waals surface area contributed by atoms with Crippen LogP contribution in [0.1, 0.15) is 16.8 Å². The average Bonchev–Trinajstić information content (AvgIpc) is 3.13. The molecule has 0 N–H and O–H groups in total. The van der Waals surface area contributed by atoms with Crippen molar-refractivity contribution in [3.63, 3.8) is 0 Å². The quantitative estimate of drug-likeness (QED) is 0.476. The van der Waals surface area contributed by atoms with Crippen LogP contribution in [0.4, 0.5) is 0 Å². The molecular weight excluding hydrogens is 330 g/mol. The zero-order valence-electron chi connectivity index (χ0n) is 15.3. The second-order valence-electron chi connectivity index (χ2n) is 6.62. The van der Waals surface area contributed by atoms with Crippen molar-refractivity contribution in [3.05, 3.63) is 95.7 Å². The molecule has 130 valence electrons. The summed E-state index contributed by atoms with van der Waals surface area (Å²) < 4.78 is 1.85. The third-order valence-electron chi connectivity index (χ3n) is 4.75. The fourth-order valence-electron chi connectivity index (χ4n) is 3.51. The van der Waals surface area contributed by atoms with Crippen molar-refractivity contribution in [3.8, 4) is 34.1 Å². The van der Waals surface area contributed by atoms with Crippen LogP contribution in [-0.2, 0) is 0 Å². The van der Waals surface area contributed by atoms with Gasteiger partial charge < -0.3 is 0 Å². The van der Waals surface area contributed by atoms with Gasteiger partial charge in [-0.05, 0) is 48.2 Å². The molecule has 0 fully saturated rings. The predicted octanol–water partition coefficient (Wildman–Crippen LogP) is 5.69. The minimum atomic E-state index is 0.409. The lowest BCUT2D eigenvalue weighted by molar-refractivity contribution is 0.880. The average molecular weight is 349 g/mol. The van der Waals surface area contributed by atoms with Gasteiger partial charge in [0.05, 0.1) is 11.4 Å². The van der Waals surface area contributed by atoms with Crippen LogP contribution in [0.2, 0.25) is 0 Å². The molecule has 0 aliphatic carbocycles. The molecule has 0 saturated carbocycles. The van der Waals surface area contributed by atoms with E-state index >= 15 is 0 Å². The highest BCUT2D eigenvalue weighted by atomic mass is 15.3. The molecule has 3 heteroatoms. The maximum absolute atomic E-state index is 9.35. The summed E-state index contributed by atoms with van der Waals surface area (Å²) in [5, 5.41) is 13.9. The molecular formula is C24H19N3. The number of nitriles is 1. The first-order valence-electron chi connectivity index (χ1n) is 8.90. The van der Waals surface area contributed by atoms with Crippen molar-refractivity contribution in [2.45, 2.75) is 13.8 Å². The van der Waals surface area contributed by atoms with E-state index in [1.54, 1.807) is 0 Å². The zero-order valence-corrected chi connectivity index (χ0v) is 15.3. The third-order valence-corrected chi connectivity index (χ3v) is 4.75. The van der Waals surface area contributed by atoms with Crippen LogP contribution < -0.4 is 0 Å². The van der Waals surface area contributed by atoms with E-state index in [-0.39, 0.29) is 0 Å². The summed E-state index contributed by atoms with van der Waals surface area (Å²) in [6.07, 6.45) is 0. The number of nitrogens with zero attached hydrogens (tertiary/aromatic N) is 3. The number of rotatable bonds is 3. The molecule has 0 atom stereocenters. The number of benzene rings is 3. The Morgan fingerprint density at radius 1 is 0.778 bits per heavy atom. The lowest BCUT2D eigenvalue weighted by Gasteiger charge is -2.13. The van der Waals surface area contributed by atoms with Crippen molar-refractivity contribution in [1.29, 1.82) is 5.26 Å². The third kappa shape index (κ3) is 3.14. The van der Waals surface area contributed by atoms with Gasteiger partial charge in [-0.3, -0.25) is 0 Å². The fourth-order valence-corrected chi connectivity index (χ4v) is 3.51. The van der Waals surface area contributed by atoms with Crippen LogP contribution in [-0.4, -0.2) is 9.78 Å². The summed E-state index contributed by atoms with van der Waals surface area (Å²) in [6, 6.07) is 28.7. The van der Waals surface area contributed by atoms with Gasteiger partial charge in [-0.1, -0.05) is 60.7 Å². The Bertz CT molecular complexity index is 1130. The molecule has 3 nitrogen and oxygen atoms in total. The summed E-state index contributed by atoms with van der Waals surface area (Å²) in [4.78, 5) is 0. The van der Waals surface area contributed by atoms with Crippen molar-refractivity contribution < 1.29 is 0 Å². The Hall–Kier alpha value is -3.64. The Balaban J connectivity index is 1.89. The molecule has 4 aromatic rings. The van der Waals surface area contributed by atoms with Crippen LogP contribution in [0, 0.1) is 25.2 Å². The van der Waals surface area contributed by atoms with Crippen molar-refractivity contribution in [1.82, 2.24) is 9.78 Å². The van der Waals surface area contributed by atoms with Crippen LogP contribution >= 0.6 is 0 Å². The van der Waals surface area contributed by atoms with Crippen LogP contribution in [0.5, 0.6) is 0 Å². The molecule has 1 heterocycles. The van der Waals surface area contributed by atoms with Crippen molar-refractivity contribution in [2.75, 3.05) is 0 Å². The van der Waals surface area contributed by atoms with Crippen LogP contribution in [0.25, 0.3) is 28.1 Å². The standard InChI is InChI=1S/C24H19N3/c1-17-8-6-9-18(2)24(17)20-12-7-13-22(14-20)27-23(15-21(16-25)26-27)19-10-4-3-5-11-19/h3-15H,1-2H3. The Kier molecular flexibility index (Phi) is 4.32. The van der Waals surface area contributed by atoms with Crippen molar-refractivity contribution >= 4 is 0 Å². The van der Waals surface area contributed by atoms with Crippen LogP contribution in [0.3, 0.4) is 0 Å². The molecule has 3 aromatic carbocycles. The molecule has 0 aliphatic heterocycles. The first kappa shape index (κ1) is 16.8. The minimum absolute atomic E-state index is 0.409. The van der Waals surface area contributed by atoms with E-state index < -0.39 is 0 Å². The van der Waals surface area contributed by atoms with E-state index in [0.29, 0.717) is 5.69 Å². The van der Waals surface area contributed by atoms with Crippen molar-refractivity contribution in [2.24, 2.45) is 0 Å². The topological polar surface area (TPSA) is 41.6 Å². The summed E-state index contributed by atoms with van der Waals surface area (Å²) in [7, 11) is 0. The molecule has 0 radical (unpaired) electrons.